The lowest BCUT2D eigenvalue weighted by molar-refractivity contribution is -0.116. The fourth-order valence-corrected chi connectivity index (χ4v) is 3.50. The number of nitrogens with zero attached hydrogens (tertiary/aromatic N) is 3. The number of rotatable bonds is 8. The Kier molecular flexibility index (Phi) is 7.50. The molecule has 0 aliphatic rings. The molecule has 2 amide bonds. The Bertz CT molecular complexity index is 782. The van der Waals surface area contributed by atoms with E-state index in [2.05, 4.69) is 15.2 Å². The van der Waals surface area contributed by atoms with E-state index in [9.17, 15) is 9.59 Å². The molecule has 0 saturated carbocycles. The van der Waals surface area contributed by atoms with Crippen molar-refractivity contribution in [2.24, 2.45) is 0 Å². The van der Waals surface area contributed by atoms with Gasteiger partial charge in [-0.1, -0.05) is 18.2 Å². The molecule has 0 spiro atoms. The van der Waals surface area contributed by atoms with Crippen LogP contribution in [0.3, 0.4) is 0 Å². The van der Waals surface area contributed by atoms with Crippen molar-refractivity contribution in [3.8, 4) is 0 Å². The van der Waals surface area contributed by atoms with Crippen LogP contribution in [0, 0.1) is 20.8 Å². The van der Waals surface area contributed by atoms with Crippen LogP contribution in [0.5, 0.6) is 0 Å². The van der Waals surface area contributed by atoms with E-state index in [1.165, 1.54) is 11.3 Å². The van der Waals surface area contributed by atoms with Gasteiger partial charge >= 0.3 is 0 Å². The Labute approximate surface area is 165 Å². The van der Waals surface area contributed by atoms with Gasteiger partial charge in [-0.25, -0.2) is 4.98 Å². The van der Waals surface area contributed by atoms with E-state index in [0.717, 1.165) is 29.1 Å². The molecule has 0 fully saturated rings. The Balaban J connectivity index is 2.10. The van der Waals surface area contributed by atoms with Crippen molar-refractivity contribution in [1.82, 2.24) is 14.8 Å². The predicted molar refractivity (Wildman–Crippen MR) is 110 cm³/mol. The lowest BCUT2D eigenvalue weighted by Crippen LogP contribution is -2.39. The van der Waals surface area contributed by atoms with Gasteiger partial charge in [0.15, 0.2) is 5.13 Å². The summed E-state index contributed by atoms with van der Waals surface area (Å²) in [6, 6.07) is 7.47. The molecule has 1 aromatic carbocycles. The first-order valence-electron chi connectivity index (χ1n) is 9.01. The number of carbonyl (C=O) groups excluding carboxylic acids is 2. The van der Waals surface area contributed by atoms with Crippen molar-refractivity contribution in [3.05, 3.63) is 46.0 Å². The molecule has 0 bridgehead atoms. The van der Waals surface area contributed by atoms with Crippen molar-refractivity contribution < 1.29 is 9.59 Å². The number of aryl methyl sites for hydroxylation is 3. The molecule has 0 aliphatic heterocycles. The lowest BCUT2D eigenvalue weighted by atomic mass is 10.1. The molecule has 0 saturated heterocycles. The van der Waals surface area contributed by atoms with Crippen molar-refractivity contribution in [1.29, 1.82) is 0 Å². The first-order chi connectivity index (χ1) is 12.8. The Hall–Kier alpha value is -2.25. The van der Waals surface area contributed by atoms with Gasteiger partial charge in [0, 0.05) is 17.0 Å². The maximum Gasteiger partial charge on any atom is 0.254 e. The van der Waals surface area contributed by atoms with Gasteiger partial charge in [-0.15, -0.1) is 11.3 Å². The van der Waals surface area contributed by atoms with E-state index in [0.29, 0.717) is 17.2 Å². The number of thiazole rings is 1. The van der Waals surface area contributed by atoms with Crippen LogP contribution in [0.15, 0.2) is 24.3 Å². The van der Waals surface area contributed by atoms with Gasteiger partial charge in [0.2, 0.25) is 5.91 Å². The van der Waals surface area contributed by atoms with Crippen LogP contribution < -0.4 is 5.32 Å². The van der Waals surface area contributed by atoms with Gasteiger partial charge in [0.25, 0.3) is 5.91 Å². The summed E-state index contributed by atoms with van der Waals surface area (Å²) in [5.41, 5.74) is 2.46. The fourth-order valence-electron chi connectivity index (χ4n) is 2.67. The van der Waals surface area contributed by atoms with Crippen molar-refractivity contribution in [2.75, 3.05) is 39.0 Å². The maximum absolute atomic E-state index is 13.0. The van der Waals surface area contributed by atoms with Crippen LogP contribution >= 0.6 is 11.3 Å². The average molecular weight is 389 g/mol. The molecule has 0 atom stereocenters. The molecule has 1 aromatic heterocycles. The largest absolute Gasteiger partial charge is 0.329 e. The summed E-state index contributed by atoms with van der Waals surface area (Å²) in [7, 11) is 3.99. The number of nitrogens with one attached hydrogen (secondary N) is 1. The normalized spacial score (nSPS) is 10.9. The van der Waals surface area contributed by atoms with Crippen LogP contribution in [-0.2, 0) is 4.79 Å². The van der Waals surface area contributed by atoms with Crippen LogP contribution in [0.1, 0.15) is 32.9 Å². The number of hydrogen-bond acceptors (Lipinski definition) is 5. The molecule has 0 unspecified atom stereocenters. The molecular formula is C20H28N4O2S. The highest BCUT2D eigenvalue weighted by atomic mass is 32.1. The molecule has 2 aromatic rings. The van der Waals surface area contributed by atoms with Crippen LogP contribution in [-0.4, -0.2) is 60.3 Å². The number of hydrogen-bond donors (Lipinski definition) is 1. The standard InChI is InChI=1S/C20H28N4O2S/c1-14-9-6-7-10-17(14)19(26)24(12-8-11-23(4)5)13-18(25)22-20-21-15(2)16(3)27-20/h6-7,9-10H,8,11-13H2,1-5H3,(H,21,22,25). The number of benzene rings is 1. The zero-order valence-corrected chi connectivity index (χ0v) is 17.5. The maximum atomic E-state index is 13.0. The molecular weight excluding hydrogens is 360 g/mol. The molecule has 6 nitrogen and oxygen atoms in total. The molecule has 27 heavy (non-hydrogen) atoms. The van der Waals surface area contributed by atoms with Crippen molar-refractivity contribution >= 4 is 28.3 Å². The summed E-state index contributed by atoms with van der Waals surface area (Å²) in [6.45, 7) is 7.18. The van der Waals surface area contributed by atoms with Gasteiger partial charge in [-0.2, -0.15) is 0 Å². The third-order valence-corrected chi connectivity index (χ3v) is 5.29. The molecule has 2 rings (SSSR count). The molecule has 0 aliphatic carbocycles. The molecule has 1 N–H and O–H groups in total. The van der Waals surface area contributed by atoms with Gasteiger partial charge in [0.05, 0.1) is 5.69 Å². The minimum atomic E-state index is -0.226. The van der Waals surface area contributed by atoms with Crippen LogP contribution in [0.4, 0.5) is 5.13 Å². The minimum Gasteiger partial charge on any atom is -0.329 e. The highest BCUT2D eigenvalue weighted by Crippen LogP contribution is 2.21. The summed E-state index contributed by atoms with van der Waals surface area (Å²) in [5, 5.41) is 3.39. The highest BCUT2D eigenvalue weighted by molar-refractivity contribution is 7.15. The Morgan fingerprint density at radius 1 is 1.11 bits per heavy atom. The number of carbonyl (C=O) groups is 2. The van der Waals surface area contributed by atoms with E-state index < -0.39 is 0 Å². The average Bonchev–Trinajstić information content (AvgIpc) is 2.90. The van der Waals surface area contributed by atoms with E-state index in [1.807, 2.05) is 59.1 Å². The summed E-state index contributed by atoms with van der Waals surface area (Å²) >= 11 is 1.45. The second kappa shape index (κ2) is 9.62. The smallest absolute Gasteiger partial charge is 0.254 e. The second-order valence-corrected chi connectivity index (χ2v) is 8.11. The van der Waals surface area contributed by atoms with Crippen LogP contribution in [0.25, 0.3) is 0 Å². The number of amides is 2. The third kappa shape index (κ3) is 6.15. The van der Waals surface area contributed by atoms with E-state index in [4.69, 9.17) is 0 Å². The Morgan fingerprint density at radius 3 is 2.41 bits per heavy atom. The monoisotopic (exact) mass is 388 g/mol. The molecule has 0 radical (unpaired) electrons. The van der Waals surface area contributed by atoms with E-state index in [1.54, 1.807) is 4.90 Å². The highest BCUT2D eigenvalue weighted by Gasteiger charge is 2.20. The fraction of sp³-hybridized carbons (Fsp3) is 0.450. The summed E-state index contributed by atoms with van der Waals surface area (Å²) in [4.78, 5) is 34.6. The predicted octanol–water partition coefficient (Wildman–Crippen LogP) is 3.10. The van der Waals surface area contributed by atoms with Gasteiger partial charge in [0.1, 0.15) is 6.54 Å². The minimum absolute atomic E-state index is 0.0122. The topological polar surface area (TPSA) is 65.5 Å². The van der Waals surface area contributed by atoms with E-state index in [-0.39, 0.29) is 18.4 Å². The Morgan fingerprint density at radius 2 is 1.81 bits per heavy atom. The zero-order chi connectivity index (χ0) is 20.0. The van der Waals surface area contributed by atoms with E-state index >= 15 is 0 Å². The summed E-state index contributed by atoms with van der Waals surface area (Å²) in [6.07, 6.45) is 0.799. The SMILES string of the molecule is Cc1ccccc1C(=O)N(CCCN(C)C)CC(=O)Nc1nc(C)c(C)s1. The quantitative estimate of drug-likeness (QED) is 0.755. The summed E-state index contributed by atoms with van der Waals surface area (Å²) in [5.74, 6) is -0.343. The summed E-state index contributed by atoms with van der Waals surface area (Å²) < 4.78 is 0. The van der Waals surface area contributed by atoms with Crippen molar-refractivity contribution in [2.45, 2.75) is 27.2 Å². The van der Waals surface area contributed by atoms with Crippen LogP contribution in [0.2, 0.25) is 0 Å². The van der Waals surface area contributed by atoms with Crippen molar-refractivity contribution in [3.63, 3.8) is 0 Å². The van der Waals surface area contributed by atoms with Gasteiger partial charge in [-0.05, 0) is 59.5 Å². The molecule has 1 heterocycles. The molecule has 7 heteroatoms. The number of aromatic nitrogens is 1. The zero-order valence-electron chi connectivity index (χ0n) is 16.7. The second-order valence-electron chi connectivity index (χ2n) is 6.91. The lowest BCUT2D eigenvalue weighted by Gasteiger charge is -2.23. The molecule has 146 valence electrons. The van der Waals surface area contributed by atoms with Gasteiger partial charge < -0.3 is 15.1 Å². The third-order valence-electron chi connectivity index (χ3n) is 4.31. The van der Waals surface area contributed by atoms with Gasteiger partial charge in [-0.3, -0.25) is 9.59 Å². The first-order valence-corrected chi connectivity index (χ1v) is 9.83. The first kappa shape index (κ1) is 21.1. The number of anilines is 1.